The first-order chi connectivity index (χ1) is 37.4. The molecule has 1 heterocycles. The molecule has 1 fully saturated rings. The number of cyclic esters (lactones) is 4. The van der Waals surface area contributed by atoms with Gasteiger partial charge in [-0.15, -0.1) is 0 Å². The van der Waals surface area contributed by atoms with Gasteiger partial charge in [-0.25, -0.2) is 28.0 Å². The normalized spacial score (nSPS) is 23.7. The van der Waals surface area contributed by atoms with Crippen molar-refractivity contribution < 1.29 is 66.1 Å². The van der Waals surface area contributed by atoms with Crippen LogP contribution in [0.1, 0.15) is 123 Å². The summed E-state index contributed by atoms with van der Waals surface area (Å²) in [5, 5.41) is 0. The van der Waals surface area contributed by atoms with Crippen LogP contribution >= 0.6 is 0 Å². The van der Waals surface area contributed by atoms with Gasteiger partial charge in [-0.3, -0.25) is 24.1 Å². The molecule has 3 aromatic carbocycles. The largest absolute Gasteiger partial charge is 0.451 e. The van der Waals surface area contributed by atoms with Crippen LogP contribution in [0.15, 0.2) is 72.8 Å². The van der Waals surface area contributed by atoms with Gasteiger partial charge in [0.1, 0.15) is 24.2 Å². The Balaban J connectivity index is 1.88. The number of halogens is 2. The maximum atomic E-state index is 15.1. The molecule has 80 heavy (non-hydrogen) atoms. The third-order valence-electron chi connectivity index (χ3n) is 14.2. The summed E-state index contributed by atoms with van der Waals surface area (Å²) in [5.74, 6) is -9.76. The van der Waals surface area contributed by atoms with Gasteiger partial charge in [-0.05, 0) is 112 Å². The molecule has 1 aliphatic heterocycles. The van der Waals surface area contributed by atoms with E-state index in [0.717, 1.165) is 31.7 Å². The van der Waals surface area contributed by atoms with Crippen molar-refractivity contribution in [2.45, 2.75) is 162 Å². The summed E-state index contributed by atoms with van der Waals surface area (Å²) in [6, 6.07) is 13.6. The third kappa shape index (κ3) is 17.9. The lowest BCUT2D eigenvalue weighted by Gasteiger charge is -2.35. The lowest BCUT2D eigenvalue weighted by molar-refractivity contribution is -0.176. The number of amides is 4. The maximum absolute atomic E-state index is 15.1. The second-order valence-corrected chi connectivity index (χ2v) is 23.1. The van der Waals surface area contributed by atoms with Gasteiger partial charge < -0.3 is 38.5 Å². The number of esters is 4. The Bertz CT molecular complexity index is 2600. The minimum absolute atomic E-state index is 0.0402. The molecule has 4 amide bonds. The molecule has 9 atom stereocenters. The second kappa shape index (κ2) is 29.6. The minimum atomic E-state index is -1.63. The van der Waals surface area contributed by atoms with E-state index in [4.69, 9.17) is 18.9 Å². The molecule has 440 valence electrons. The quantitative estimate of drug-likeness (QED) is 0.107. The van der Waals surface area contributed by atoms with Crippen molar-refractivity contribution in [2.75, 3.05) is 42.3 Å². The Morgan fingerprint density at radius 2 is 0.762 bits per heavy atom. The fourth-order valence-electron chi connectivity index (χ4n) is 9.83. The van der Waals surface area contributed by atoms with E-state index in [-0.39, 0.29) is 62.2 Å². The van der Waals surface area contributed by atoms with E-state index in [1.54, 1.807) is 68.7 Å². The van der Waals surface area contributed by atoms with Gasteiger partial charge in [0.25, 0.3) is 23.6 Å². The van der Waals surface area contributed by atoms with Crippen LogP contribution in [-0.4, -0.2) is 163 Å². The molecule has 3 aromatic rings. The Kier molecular flexibility index (Phi) is 24.4. The van der Waals surface area contributed by atoms with Crippen LogP contribution < -0.4 is 0 Å². The van der Waals surface area contributed by atoms with Crippen LogP contribution in [0.5, 0.6) is 0 Å². The van der Waals surface area contributed by atoms with Crippen molar-refractivity contribution in [3.63, 3.8) is 0 Å². The van der Waals surface area contributed by atoms with Crippen molar-refractivity contribution in [1.82, 2.24) is 24.5 Å². The van der Waals surface area contributed by atoms with Crippen LogP contribution in [0.3, 0.4) is 0 Å². The number of carbonyl (C=O) groups excluding carboxylic acids is 8. The minimum Gasteiger partial charge on any atom is -0.451 e. The number of hydrogen-bond acceptors (Lipinski definition) is 13. The van der Waals surface area contributed by atoms with Gasteiger partial charge in [0.05, 0.1) is 6.04 Å². The van der Waals surface area contributed by atoms with Crippen molar-refractivity contribution in [3.05, 3.63) is 107 Å². The SMILES string of the molecule is CC(C)C[C@H]1C(=O)O[C@H](Cc2ccc(C(c3ccc(F)c(F)c3)N(C)C)cc2)C(=O)N(C)[C@@H](CC(C)C)C(=O)O[C@H](C)C(=O)N(C)[C@@H](CC(C)C)C(=O)O[C@H](Cc2ccccc2)C(=O)N(C)[C@@H](CC(C)C)C(=O)O[C@H](C)C(=O)N1C. The maximum Gasteiger partial charge on any atom is 0.329 e. The van der Waals surface area contributed by atoms with E-state index in [1.165, 1.54) is 48.1 Å². The van der Waals surface area contributed by atoms with Crippen molar-refractivity contribution >= 4 is 47.5 Å². The van der Waals surface area contributed by atoms with Crippen LogP contribution in [0.4, 0.5) is 8.78 Å². The number of rotatable bonds is 15. The molecule has 4 rings (SSSR count). The number of hydrogen-bond donors (Lipinski definition) is 0. The molecule has 0 radical (unpaired) electrons. The summed E-state index contributed by atoms with van der Waals surface area (Å²) < 4.78 is 52.5. The monoisotopic (exact) mass is 1120 g/mol. The molecule has 0 saturated carbocycles. The molecule has 0 aromatic heterocycles. The molecule has 0 aliphatic carbocycles. The van der Waals surface area contributed by atoms with E-state index in [1.807, 2.05) is 60.3 Å². The molecule has 17 nitrogen and oxygen atoms in total. The Morgan fingerprint density at radius 1 is 0.438 bits per heavy atom. The van der Waals surface area contributed by atoms with Crippen molar-refractivity contribution in [1.29, 1.82) is 0 Å². The number of carbonyl (C=O) groups is 8. The molecular weight excluding hydrogens is 1030 g/mol. The average molecular weight is 1120 g/mol. The zero-order chi connectivity index (χ0) is 60.0. The fraction of sp³-hybridized carbons (Fsp3) is 0.574. The first kappa shape index (κ1) is 65.8. The van der Waals surface area contributed by atoms with E-state index in [0.29, 0.717) is 22.3 Å². The lowest BCUT2D eigenvalue weighted by atomic mass is 9.95. The summed E-state index contributed by atoms with van der Waals surface area (Å²) in [6.45, 7) is 17.3. The highest BCUT2D eigenvalue weighted by atomic mass is 19.2. The molecule has 0 spiro atoms. The van der Waals surface area contributed by atoms with E-state index in [9.17, 15) is 42.3 Å². The Labute approximate surface area is 471 Å². The van der Waals surface area contributed by atoms with Crippen LogP contribution in [0.25, 0.3) is 0 Å². The molecule has 1 saturated heterocycles. The first-order valence-electron chi connectivity index (χ1n) is 27.6. The van der Waals surface area contributed by atoms with Crippen molar-refractivity contribution in [2.24, 2.45) is 23.7 Å². The zero-order valence-corrected chi connectivity index (χ0v) is 49.6. The number of ether oxygens (including phenoxy) is 4. The summed E-state index contributed by atoms with van der Waals surface area (Å²) in [7, 11) is 9.01. The molecular formula is C61H85F2N5O12. The first-order valence-corrected chi connectivity index (χ1v) is 27.6. The zero-order valence-electron chi connectivity index (χ0n) is 49.6. The smallest absolute Gasteiger partial charge is 0.329 e. The number of nitrogens with zero attached hydrogens (tertiary/aromatic N) is 5. The summed E-state index contributed by atoms with van der Waals surface area (Å²) >= 11 is 0. The average Bonchev–Trinajstić information content (AvgIpc) is 3.40. The Morgan fingerprint density at radius 3 is 1.10 bits per heavy atom. The summed E-state index contributed by atoms with van der Waals surface area (Å²) in [4.78, 5) is 123. The highest BCUT2D eigenvalue weighted by molar-refractivity contribution is 5.94. The molecule has 19 heteroatoms. The summed E-state index contributed by atoms with van der Waals surface area (Å²) in [5.41, 5.74) is 2.30. The van der Waals surface area contributed by atoms with Gasteiger partial charge in [-0.2, -0.15) is 0 Å². The molecule has 0 bridgehead atoms. The van der Waals surface area contributed by atoms with Crippen LogP contribution in [0, 0.1) is 35.3 Å². The van der Waals surface area contributed by atoms with Gasteiger partial charge in [0, 0.05) is 41.0 Å². The fourth-order valence-corrected chi connectivity index (χ4v) is 9.83. The van der Waals surface area contributed by atoms with Crippen LogP contribution in [-0.2, 0) is 70.1 Å². The second-order valence-electron chi connectivity index (χ2n) is 23.1. The highest BCUT2D eigenvalue weighted by Gasteiger charge is 2.43. The van der Waals surface area contributed by atoms with Gasteiger partial charge in [0.15, 0.2) is 36.1 Å². The third-order valence-corrected chi connectivity index (χ3v) is 14.2. The standard InChI is InChI=1S/C61H85F2N5O12/c1-35(2)28-47-58(73)77-40(10)55(70)66(14)50(31-38(7)8)61(76)80-52(33-42-22-24-43(25-23-42)53(64(11)12)44-26-27-45(62)46(63)34-44)57(72)68(16)48(29-36(3)4)59(74)78-39(9)54(69)65(13)49(30-37(5)6)60(75)79-51(56(71)67(47)15)32-41-20-18-17-19-21-41/h17-27,34-40,47-53H,28-33H2,1-16H3/t39-,40-,47+,48+,49+,50+,51-,52-,53?/m1/s1. The molecule has 1 unspecified atom stereocenters. The predicted octanol–water partition coefficient (Wildman–Crippen LogP) is 7.59. The van der Waals surface area contributed by atoms with Crippen LogP contribution in [0.2, 0.25) is 0 Å². The number of likely N-dealkylation sites (N-methyl/N-ethyl adjacent to an activating group) is 4. The van der Waals surface area contributed by atoms with Gasteiger partial charge >= 0.3 is 23.9 Å². The van der Waals surface area contributed by atoms with E-state index >= 15 is 4.79 Å². The summed E-state index contributed by atoms with van der Waals surface area (Å²) in [6.07, 6.45) is -6.27. The van der Waals surface area contributed by atoms with E-state index < -0.39 is 114 Å². The van der Waals surface area contributed by atoms with Crippen molar-refractivity contribution in [3.8, 4) is 0 Å². The van der Waals surface area contributed by atoms with Gasteiger partial charge in [0.2, 0.25) is 0 Å². The molecule has 1 aliphatic rings. The number of benzene rings is 3. The van der Waals surface area contributed by atoms with Gasteiger partial charge in [-0.1, -0.05) is 116 Å². The topological polar surface area (TPSA) is 190 Å². The predicted molar refractivity (Wildman–Crippen MR) is 297 cm³/mol. The Hall–Kier alpha value is -6.76. The molecule has 0 N–H and O–H groups in total. The highest BCUT2D eigenvalue weighted by Crippen LogP contribution is 2.30. The lowest BCUT2D eigenvalue weighted by Crippen LogP contribution is -2.55. The van der Waals surface area contributed by atoms with E-state index in [2.05, 4.69) is 0 Å².